The fourth-order valence-electron chi connectivity index (χ4n) is 1.29. The van der Waals surface area contributed by atoms with Crippen LogP contribution in [0.4, 0.5) is 0 Å². The summed E-state index contributed by atoms with van der Waals surface area (Å²) >= 11 is 0. The zero-order chi connectivity index (χ0) is 11.2. The van der Waals surface area contributed by atoms with E-state index in [4.69, 9.17) is 9.84 Å². The zero-order valence-electron chi connectivity index (χ0n) is 9.15. The van der Waals surface area contributed by atoms with Crippen molar-refractivity contribution in [3.05, 3.63) is 24.0 Å². The van der Waals surface area contributed by atoms with Crippen molar-refractivity contribution in [1.29, 1.82) is 0 Å². The lowest BCUT2D eigenvalue weighted by Gasteiger charge is -2.03. The van der Waals surface area contributed by atoms with E-state index in [-0.39, 0.29) is 6.61 Å². The maximum absolute atomic E-state index is 8.61. The number of aromatic nitrogens is 1. The fraction of sp³-hybridized carbons (Fsp3) is 0.462. The second-order valence-corrected chi connectivity index (χ2v) is 3.94. The third-order valence-electron chi connectivity index (χ3n) is 2.37. The molecule has 0 bridgehead atoms. The van der Waals surface area contributed by atoms with E-state index < -0.39 is 0 Å². The van der Waals surface area contributed by atoms with Crippen LogP contribution in [0.3, 0.4) is 0 Å². The van der Waals surface area contributed by atoms with Crippen LogP contribution in [0.15, 0.2) is 18.5 Å². The number of aliphatic hydroxyl groups excluding tert-OH is 1. The van der Waals surface area contributed by atoms with E-state index in [2.05, 4.69) is 16.8 Å². The molecule has 1 aliphatic rings. The van der Waals surface area contributed by atoms with Crippen LogP contribution in [-0.2, 0) is 0 Å². The van der Waals surface area contributed by atoms with Gasteiger partial charge in [0.1, 0.15) is 5.75 Å². The lowest BCUT2D eigenvalue weighted by molar-refractivity contribution is 0.298. The van der Waals surface area contributed by atoms with Crippen molar-refractivity contribution in [2.45, 2.75) is 19.3 Å². The molecule has 1 aromatic rings. The molecule has 0 amide bonds. The number of nitrogens with zero attached hydrogens (tertiary/aromatic N) is 1. The molecule has 1 aliphatic carbocycles. The van der Waals surface area contributed by atoms with Gasteiger partial charge in [0.15, 0.2) is 0 Å². The predicted octanol–water partition coefficient (Wildman–Crippen LogP) is 1.60. The first-order valence-electron chi connectivity index (χ1n) is 5.56. The van der Waals surface area contributed by atoms with Gasteiger partial charge in [-0.15, -0.1) is 0 Å². The Morgan fingerprint density at radius 3 is 3.06 bits per heavy atom. The summed E-state index contributed by atoms with van der Waals surface area (Å²) in [6.45, 7) is 0.882. The molecule has 0 spiro atoms. The average molecular weight is 217 g/mol. The first-order valence-corrected chi connectivity index (χ1v) is 5.56. The Hall–Kier alpha value is -1.53. The van der Waals surface area contributed by atoms with Crippen LogP contribution >= 0.6 is 0 Å². The molecule has 1 heterocycles. The summed E-state index contributed by atoms with van der Waals surface area (Å²) in [5, 5.41) is 8.61. The molecular formula is C13H15NO2. The van der Waals surface area contributed by atoms with E-state index in [1.165, 1.54) is 12.8 Å². The lowest BCUT2D eigenvalue weighted by atomic mass is 10.2. The molecule has 1 aromatic heterocycles. The first kappa shape index (κ1) is 11.0. The molecule has 1 saturated carbocycles. The van der Waals surface area contributed by atoms with Crippen LogP contribution in [0.25, 0.3) is 0 Å². The van der Waals surface area contributed by atoms with Gasteiger partial charge < -0.3 is 9.84 Å². The quantitative estimate of drug-likeness (QED) is 0.779. The molecular weight excluding hydrogens is 202 g/mol. The minimum Gasteiger partial charge on any atom is -0.492 e. The number of hydrogen-bond acceptors (Lipinski definition) is 3. The number of pyridine rings is 1. The minimum atomic E-state index is 0.0955. The SMILES string of the molecule is OCCC#Cc1cncc(OCC2CC2)c1. The molecule has 0 atom stereocenters. The van der Waals surface area contributed by atoms with Gasteiger partial charge in [0.2, 0.25) is 0 Å². The van der Waals surface area contributed by atoms with E-state index in [0.29, 0.717) is 6.42 Å². The van der Waals surface area contributed by atoms with Crippen molar-refractivity contribution in [1.82, 2.24) is 4.98 Å². The van der Waals surface area contributed by atoms with Gasteiger partial charge in [0.05, 0.1) is 19.4 Å². The summed E-state index contributed by atoms with van der Waals surface area (Å²) in [5.41, 5.74) is 0.835. The summed E-state index contributed by atoms with van der Waals surface area (Å²) < 4.78 is 5.60. The van der Waals surface area contributed by atoms with Crippen LogP contribution in [-0.4, -0.2) is 23.3 Å². The van der Waals surface area contributed by atoms with Gasteiger partial charge in [-0.25, -0.2) is 0 Å². The normalized spacial score (nSPS) is 14.1. The summed E-state index contributed by atoms with van der Waals surface area (Å²) in [7, 11) is 0. The highest BCUT2D eigenvalue weighted by Crippen LogP contribution is 2.29. The van der Waals surface area contributed by atoms with Gasteiger partial charge in [-0.05, 0) is 24.8 Å². The number of hydrogen-bond donors (Lipinski definition) is 1. The highest BCUT2D eigenvalue weighted by atomic mass is 16.5. The van der Waals surface area contributed by atoms with Crippen LogP contribution in [0.1, 0.15) is 24.8 Å². The van der Waals surface area contributed by atoms with E-state index in [9.17, 15) is 0 Å². The largest absolute Gasteiger partial charge is 0.492 e. The molecule has 2 rings (SSSR count). The van der Waals surface area contributed by atoms with Crippen molar-refractivity contribution < 1.29 is 9.84 Å². The summed E-state index contributed by atoms with van der Waals surface area (Å²) in [5.74, 6) is 7.32. The number of aliphatic hydroxyl groups is 1. The van der Waals surface area contributed by atoms with Crippen LogP contribution in [0.2, 0.25) is 0 Å². The molecule has 84 valence electrons. The van der Waals surface area contributed by atoms with Gasteiger partial charge in [-0.3, -0.25) is 4.98 Å². The van der Waals surface area contributed by atoms with E-state index in [1.54, 1.807) is 12.4 Å². The standard InChI is InChI=1S/C13H15NO2/c15-6-2-1-3-12-7-13(9-14-8-12)16-10-11-4-5-11/h7-9,11,15H,2,4-6,10H2. The monoisotopic (exact) mass is 217 g/mol. The third-order valence-corrected chi connectivity index (χ3v) is 2.37. The molecule has 3 nitrogen and oxygen atoms in total. The predicted molar refractivity (Wildman–Crippen MR) is 61.0 cm³/mol. The van der Waals surface area contributed by atoms with Crippen molar-refractivity contribution in [3.8, 4) is 17.6 Å². The molecule has 0 saturated heterocycles. The Labute approximate surface area is 95.5 Å². The Balaban J connectivity index is 1.92. The molecule has 0 radical (unpaired) electrons. The second-order valence-electron chi connectivity index (χ2n) is 3.94. The van der Waals surface area contributed by atoms with Gasteiger partial charge in [-0.1, -0.05) is 11.8 Å². The minimum absolute atomic E-state index is 0.0955. The topological polar surface area (TPSA) is 42.4 Å². The van der Waals surface area contributed by atoms with Crippen LogP contribution in [0, 0.1) is 17.8 Å². The number of ether oxygens (including phenoxy) is 1. The number of rotatable bonds is 4. The molecule has 0 aliphatic heterocycles. The van der Waals surface area contributed by atoms with Crippen LogP contribution in [0.5, 0.6) is 5.75 Å². The maximum atomic E-state index is 8.61. The molecule has 1 N–H and O–H groups in total. The molecule has 16 heavy (non-hydrogen) atoms. The summed E-state index contributed by atoms with van der Waals surface area (Å²) in [6.07, 6.45) is 6.47. The zero-order valence-corrected chi connectivity index (χ0v) is 9.15. The van der Waals surface area contributed by atoms with Crippen molar-refractivity contribution >= 4 is 0 Å². The maximum Gasteiger partial charge on any atom is 0.138 e. The Morgan fingerprint density at radius 1 is 1.44 bits per heavy atom. The van der Waals surface area contributed by atoms with E-state index >= 15 is 0 Å². The van der Waals surface area contributed by atoms with Gasteiger partial charge in [0, 0.05) is 18.2 Å². The lowest BCUT2D eigenvalue weighted by Crippen LogP contribution is -1.99. The second kappa shape index (κ2) is 5.53. The summed E-state index contributed by atoms with van der Waals surface area (Å²) in [6, 6.07) is 1.89. The molecule has 0 unspecified atom stereocenters. The van der Waals surface area contributed by atoms with Crippen molar-refractivity contribution in [2.24, 2.45) is 5.92 Å². The Bertz CT molecular complexity index is 402. The van der Waals surface area contributed by atoms with E-state index in [1.807, 2.05) is 6.07 Å². The Kier molecular flexibility index (Phi) is 3.79. The van der Waals surface area contributed by atoms with Gasteiger partial charge in [0.25, 0.3) is 0 Å². The third kappa shape index (κ3) is 3.56. The molecule has 0 aromatic carbocycles. The fourth-order valence-corrected chi connectivity index (χ4v) is 1.29. The van der Waals surface area contributed by atoms with E-state index in [0.717, 1.165) is 23.8 Å². The molecule has 3 heteroatoms. The highest BCUT2D eigenvalue weighted by molar-refractivity contribution is 5.36. The highest BCUT2D eigenvalue weighted by Gasteiger charge is 2.21. The smallest absolute Gasteiger partial charge is 0.138 e. The molecule has 1 fully saturated rings. The van der Waals surface area contributed by atoms with Crippen LogP contribution < -0.4 is 4.74 Å². The van der Waals surface area contributed by atoms with Gasteiger partial charge in [-0.2, -0.15) is 0 Å². The summed E-state index contributed by atoms with van der Waals surface area (Å²) in [4.78, 5) is 4.07. The van der Waals surface area contributed by atoms with Gasteiger partial charge >= 0.3 is 0 Å². The van der Waals surface area contributed by atoms with Crippen molar-refractivity contribution in [2.75, 3.05) is 13.2 Å². The Morgan fingerprint density at radius 2 is 2.31 bits per heavy atom. The van der Waals surface area contributed by atoms with Crippen molar-refractivity contribution in [3.63, 3.8) is 0 Å². The first-order chi connectivity index (χ1) is 7.88. The average Bonchev–Trinajstić information content (AvgIpc) is 3.11.